The van der Waals surface area contributed by atoms with Crippen LogP contribution in [0.5, 0.6) is 0 Å². The van der Waals surface area contributed by atoms with Crippen LogP contribution in [0.2, 0.25) is 0 Å². The van der Waals surface area contributed by atoms with Crippen LogP contribution in [0.4, 0.5) is 0 Å². The largest absolute Gasteiger partial charge is 0.480 e. The standard InChI is InChI=1S/C21H28N2O3S/c1-2-22(14-21(25)26)17-10-12-23(13-11-17)20(24)9-5-6-16-15-27-19-8-4-3-7-18(16)19/h3-4,7-8,15,17H,2,5-6,9-14H2,1H3,(H,25,26). The molecule has 1 fully saturated rings. The molecule has 0 bridgehead atoms. The molecular weight excluding hydrogens is 360 g/mol. The number of nitrogens with zero attached hydrogens (tertiary/aromatic N) is 2. The molecule has 2 aromatic rings. The fraction of sp³-hybridized carbons (Fsp3) is 0.524. The van der Waals surface area contributed by atoms with E-state index in [1.807, 2.05) is 16.7 Å². The van der Waals surface area contributed by atoms with Crippen LogP contribution in [0.25, 0.3) is 10.1 Å². The Bertz CT molecular complexity index is 781. The topological polar surface area (TPSA) is 60.9 Å². The summed E-state index contributed by atoms with van der Waals surface area (Å²) in [5.41, 5.74) is 1.34. The number of carboxylic acids is 1. The summed E-state index contributed by atoms with van der Waals surface area (Å²) >= 11 is 1.77. The van der Waals surface area contributed by atoms with Gasteiger partial charge in [-0.3, -0.25) is 14.5 Å². The molecule has 6 heteroatoms. The molecule has 1 aliphatic heterocycles. The van der Waals surface area contributed by atoms with Crippen LogP contribution >= 0.6 is 11.3 Å². The molecule has 1 amide bonds. The van der Waals surface area contributed by atoms with Crippen molar-refractivity contribution in [1.82, 2.24) is 9.80 Å². The number of hydrogen-bond acceptors (Lipinski definition) is 4. The number of likely N-dealkylation sites (N-methyl/N-ethyl adjacent to an activating group) is 1. The molecule has 3 rings (SSSR count). The average Bonchev–Trinajstić information content (AvgIpc) is 3.09. The maximum Gasteiger partial charge on any atom is 0.317 e. The zero-order chi connectivity index (χ0) is 19.2. The van der Waals surface area contributed by atoms with E-state index < -0.39 is 5.97 Å². The molecule has 2 heterocycles. The third-order valence-corrected chi connectivity index (χ3v) is 6.49. The number of thiophene rings is 1. The first kappa shape index (κ1) is 19.8. The van der Waals surface area contributed by atoms with Gasteiger partial charge in [-0.15, -0.1) is 11.3 Å². The van der Waals surface area contributed by atoms with Gasteiger partial charge in [0.1, 0.15) is 0 Å². The lowest BCUT2D eigenvalue weighted by atomic mass is 10.0. The van der Waals surface area contributed by atoms with Gasteiger partial charge in [-0.1, -0.05) is 25.1 Å². The molecule has 0 spiro atoms. The summed E-state index contributed by atoms with van der Waals surface area (Å²) in [5.74, 6) is -0.550. The van der Waals surface area contributed by atoms with Crippen LogP contribution < -0.4 is 0 Å². The Hall–Kier alpha value is -1.92. The highest BCUT2D eigenvalue weighted by Crippen LogP contribution is 2.27. The van der Waals surface area contributed by atoms with Crippen molar-refractivity contribution in [3.63, 3.8) is 0 Å². The van der Waals surface area contributed by atoms with Gasteiger partial charge in [-0.25, -0.2) is 0 Å². The molecule has 1 aromatic carbocycles. The van der Waals surface area contributed by atoms with Crippen LogP contribution in [0.1, 0.15) is 38.2 Å². The van der Waals surface area contributed by atoms with Crippen molar-refractivity contribution < 1.29 is 14.7 Å². The quantitative estimate of drug-likeness (QED) is 0.750. The number of aryl methyl sites for hydroxylation is 1. The van der Waals surface area contributed by atoms with Gasteiger partial charge in [-0.05, 0) is 54.6 Å². The van der Waals surface area contributed by atoms with E-state index in [4.69, 9.17) is 5.11 Å². The Morgan fingerprint density at radius 1 is 1.26 bits per heavy atom. The fourth-order valence-electron chi connectivity index (χ4n) is 3.97. The zero-order valence-electron chi connectivity index (χ0n) is 15.9. The van der Waals surface area contributed by atoms with Crippen molar-refractivity contribution in [3.05, 3.63) is 35.2 Å². The molecule has 0 aliphatic carbocycles. The summed E-state index contributed by atoms with van der Waals surface area (Å²) < 4.78 is 1.31. The number of carbonyl (C=O) groups is 2. The van der Waals surface area contributed by atoms with Gasteiger partial charge in [0, 0.05) is 30.3 Å². The molecule has 1 saturated heterocycles. The second-order valence-corrected chi connectivity index (χ2v) is 8.09. The number of fused-ring (bicyclic) bond motifs is 1. The molecule has 27 heavy (non-hydrogen) atoms. The van der Waals surface area contributed by atoms with Crippen LogP contribution in [0.3, 0.4) is 0 Å². The van der Waals surface area contributed by atoms with Crippen molar-refractivity contribution in [2.75, 3.05) is 26.2 Å². The van der Waals surface area contributed by atoms with Crippen molar-refractivity contribution >= 4 is 33.3 Å². The number of benzene rings is 1. The third-order valence-electron chi connectivity index (χ3n) is 5.48. The number of amides is 1. The second kappa shape index (κ2) is 9.33. The molecule has 146 valence electrons. The van der Waals surface area contributed by atoms with E-state index in [-0.39, 0.29) is 18.5 Å². The van der Waals surface area contributed by atoms with Gasteiger partial charge in [0.2, 0.25) is 5.91 Å². The first-order valence-electron chi connectivity index (χ1n) is 9.77. The molecular formula is C21H28N2O3S. The molecule has 0 atom stereocenters. The van der Waals surface area contributed by atoms with Crippen molar-refractivity contribution in [1.29, 1.82) is 0 Å². The number of hydrogen-bond donors (Lipinski definition) is 1. The lowest BCUT2D eigenvalue weighted by Gasteiger charge is -2.37. The Labute approximate surface area is 164 Å². The highest BCUT2D eigenvalue weighted by Gasteiger charge is 2.26. The first-order chi connectivity index (χ1) is 13.1. The molecule has 0 radical (unpaired) electrons. The van der Waals surface area contributed by atoms with Crippen molar-refractivity contribution in [2.45, 2.75) is 45.1 Å². The van der Waals surface area contributed by atoms with Gasteiger partial charge >= 0.3 is 5.97 Å². The second-order valence-electron chi connectivity index (χ2n) is 7.18. The lowest BCUT2D eigenvalue weighted by Crippen LogP contribution is -2.48. The minimum Gasteiger partial charge on any atom is -0.480 e. The van der Waals surface area contributed by atoms with E-state index in [2.05, 4.69) is 29.6 Å². The van der Waals surface area contributed by atoms with E-state index in [1.165, 1.54) is 15.6 Å². The number of carboxylic acid groups (broad SMARTS) is 1. The summed E-state index contributed by atoms with van der Waals surface area (Å²) in [7, 11) is 0. The summed E-state index contributed by atoms with van der Waals surface area (Å²) in [6, 6.07) is 8.70. The van der Waals surface area contributed by atoms with Gasteiger partial charge in [0.15, 0.2) is 0 Å². The monoisotopic (exact) mass is 388 g/mol. The van der Waals surface area contributed by atoms with E-state index in [0.29, 0.717) is 6.42 Å². The number of rotatable bonds is 8. The molecule has 5 nitrogen and oxygen atoms in total. The normalized spacial score (nSPS) is 15.6. The summed E-state index contributed by atoms with van der Waals surface area (Å²) in [5, 5.41) is 12.5. The van der Waals surface area contributed by atoms with Gasteiger partial charge in [-0.2, -0.15) is 0 Å². The Kier molecular flexibility index (Phi) is 6.85. The Balaban J connectivity index is 1.44. The smallest absolute Gasteiger partial charge is 0.317 e. The van der Waals surface area contributed by atoms with E-state index in [9.17, 15) is 9.59 Å². The number of likely N-dealkylation sites (tertiary alicyclic amines) is 1. The minimum atomic E-state index is -0.781. The fourth-order valence-corrected chi connectivity index (χ4v) is 4.97. The van der Waals surface area contributed by atoms with Gasteiger partial charge < -0.3 is 10.0 Å². The molecule has 1 N–H and O–H groups in total. The van der Waals surface area contributed by atoms with Crippen LogP contribution in [-0.4, -0.2) is 59.0 Å². The molecule has 1 aromatic heterocycles. The molecule has 1 aliphatic rings. The summed E-state index contributed by atoms with van der Waals surface area (Å²) in [6.07, 6.45) is 4.12. The lowest BCUT2D eigenvalue weighted by molar-refractivity contribution is -0.140. The molecule has 0 unspecified atom stereocenters. The predicted octanol–water partition coefficient (Wildman–Crippen LogP) is 3.62. The van der Waals surface area contributed by atoms with E-state index >= 15 is 0 Å². The SMILES string of the molecule is CCN(CC(=O)O)C1CCN(C(=O)CCCc2csc3ccccc23)CC1. The maximum absolute atomic E-state index is 12.5. The Morgan fingerprint density at radius 2 is 2.00 bits per heavy atom. The first-order valence-corrected chi connectivity index (χ1v) is 10.6. The molecule has 0 saturated carbocycles. The van der Waals surface area contributed by atoms with Crippen molar-refractivity contribution in [2.24, 2.45) is 0 Å². The van der Waals surface area contributed by atoms with E-state index in [0.717, 1.165) is 45.3 Å². The van der Waals surface area contributed by atoms with E-state index in [1.54, 1.807) is 11.3 Å². The third kappa shape index (κ3) is 5.08. The summed E-state index contributed by atoms with van der Waals surface area (Å²) in [6.45, 7) is 4.29. The summed E-state index contributed by atoms with van der Waals surface area (Å²) in [4.78, 5) is 27.5. The minimum absolute atomic E-state index is 0.0870. The van der Waals surface area contributed by atoms with Crippen molar-refractivity contribution in [3.8, 4) is 0 Å². The maximum atomic E-state index is 12.5. The highest BCUT2D eigenvalue weighted by atomic mass is 32.1. The zero-order valence-corrected chi connectivity index (χ0v) is 16.7. The highest BCUT2D eigenvalue weighted by molar-refractivity contribution is 7.17. The average molecular weight is 389 g/mol. The number of aliphatic carboxylic acids is 1. The van der Waals surface area contributed by atoms with Crippen LogP contribution in [0, 0.1) is 0 Å². The van der Waals surface area contributed by atoms with Gasteiger partial charge in [0.05, 0.1) is 6.54 Å². The van der Waals surface area contributed by atoms with Crippen LogP contribution in [0.15, 0.2) is 29.6 Å². The Morgan fingerprint density at radius 3 is 2.70 bits per heavy atom. The number of piperidine rings is 1. The predicted molar refractivity (Wildman–Crippen MR) is 109 cm³/mol. The number of carbonyl (C=O) groups excluding carboxylic acids is 1. The van der Waals surface area contributed by atoms with Gasteiger partial charge in [0.25, 0.3) is 0 Å². The van der Waals surface area contributed by atoms with Crippen LogP contribution in [-0.2, 0) is 16.0 Å².